The van der Waals surface area contributed by atoms with Crippen molar-refractivity contribution in [3.63, 3.8) is 0 Å². The first-order valence-electron chi connectivity index (χ1n) is 8.62. The smallest absolute Gasteiger partial charge is 0.321 e. The van der Waals surface area contributed by atoms with Gasteiger partial charge >= 0.3 is 6.18 Å². The lowest BCUT2D eigenvalue weighted by Gasteiger charge is -2.11. The molecule has 0 spiro atoms. The predicted molar refractivity (Wildman–Crippen MR) is 113 cm³/mol. The summed E-state index contributed by atoms with van der Waals surface area (Å²) in [6.07, 6.45) is -4.75. The molecule has 0 bridgehead atoms. The van der Waals surface area contributed by atoms with Crippen molar-refractivity contribution >= 4 is 52.0 Å². The molecule has 0 fully saturated rings. The second-order valence-corrected chi connectivity index (χ2v) is 7.66. The number of amides is 1. The number of nitrogens with zero attached hydrogens (tertiary/aromatic N) is 3. The number of benzene rings is 2. The maximum Gasteiger partial charge on any atom is 0.433 e. The molecule has 0 aliphatic rings. The average Bonchev–Trinajstić information content (AvgIpc) is 3.14. The fourth-order valence-corrected chi connectivity index (χ4v) is 3.24. The molecule has 5 nitrogen and oxygen atoms in total. The molecule has 1 amide bonds. The van der Waals surface area contributed by atoms with E-state index in [0.29, 0.717) is 20.8 Å². The third kappa shape index (κ3) is 4.46. The van der Waals surface area contributed by atoms with Crippen molar-refractivity contribution in [3.05, 3.63) is 81.1 Å². The Kier molecular flexibility index (Phi) is 5.55. The summed E-state index contributed by atoms with van der Waals surface area (Å²) in [6, 6.07) is 12.6. The molecule has 2 aromatic heterocycles. The van der Waals surface area contributed by atoms with E-state index in [1.807, 2.05) is 0 Å². The number of anilines is 1. The zero-order valence-corrected chi connectivity index (χ0v) is 17.5. The summed E-state index contributed by atoms with van der Waals surface area (Å²) in [5.41, 5.74) is -0.744. The first-order valence-corrected chi connectivity index (χ1v) is 9.75. The third-order valence-corrected chi connectivity index (χ3v) is 5.26. The van der Waals surface area contributed by atoms with E-state index in [0.717, 1.165) is 6.07 Å². The van der Waals surface area contributed by atoms with Gasteiger partial charge in [0.2, 0.25) is 0 Å². The fourth-order valence-electron chi connectivity index (χ4n) is 2.82. The van der Waals surface area contributed by atoms with Gasteiger partial charge in [0, 0.05) is 22.3 Å². The highest BCUT2D eigenvalue weighted by molar-refractivity contribution is 6.42. The fraction of sp³-hybridized carbons (Fsp3) is 0.0500. The minimum atomic E-state index is -4.75. The van der Waals surface area contributed by atoms with E-state index >= 15 is 0 Å². The van der Waals surface area contributed by atoms with Crippen LogP contribution in [0.5, 0.6) is 0 Å². The summed E-state index contributed by atoms with van der Waals surface area (Å²) in [4.78, 5) is 16.7. The molecule has 2 aromatic carbocycles. The molecule has 0 aliphatic heterocycles. The van der Waals surface area contributed by atoms with Gasteiger partial charge in [0.1, 0.15) is 0 Å². The minimum Gasteiger partial charge on any atom is -0.321 e. The second-order valence-electron chi connectivity index (χ2n) is 6.41. The molecule has 0 unspecified atom stereocenters. The SMILES string of the molecule is O=C(Nc1ccc(Cl)cc1)c1cc2nc(-c3ccc(Cl)c(Cl)c3)cc(C(F)(F)F)n2n1. The lowest BCUT2D eigenvalue weighted by atomic mass is 10.1. The molecule has 4 rings (SSSR count). The zero-order chi connectivity index (χ0) is 22.3. The summed E-state index contributed by atoms with van der Waals surface area (Å²) in [7, 11) is 0. The number of hydrogen-bond acceptors (Lipinski definition) is 3. The average molecular weight is 486 g/mol. The van der Waals surface area contributed by atoms with Crippen LogP contribution in [0.2, 0.25) is 15.1 Å². The van der Waals surface area contributed by atoms with Gasteiger partial charge in [-0.25, -0.2) is 9.50 Å². The van der Waals surface area contributed by atoms with Crippen LogP contribution in [0.3, 0.4) is 0 Å². The largest absolute Gasteiger partial charge is 0.433 e. The number of rotatable bonds is 3. The topological polar surface area (TPSA) is 59.3 Å². The molecule has 0 radical (unpaired) electrons. The molecule has 0 saturated heterocycles. The summed E-state index contributed by atoms with van der Waals surface area (Å²) < 4.78 is 41.7. The molecule has 2 heterocycles. The van der Waals surface area contributed by atoms with Gasteiger partial charge in [-0.3, -0.25) is 4.79 Å². The maximum atomic E-state index is 13.7. The van der Waals surface area contributed by atoms with Crippen molar-refractivity contribution in [1.82, 2.24) is 14.6 Å². The zero-order valence-electron chi connectivity index (χ0n) is 15.2. The molecular weight excluding hydrogens is 476 g/mol. The summed E-state index contributed by atoms with van der Waals surface area (Å²) in [5.74, 6) is -0.697. The Hall–Kier alpha value is -2.81. The number of aromatic nitrogens is 3. The molecule has 4 aromatic rings. The molecule has 0 aliphatic carbocycles. The Balaban J connectivity index is 1.79. The van der Waals surface area contributed by atoms with Gasteiger partial charge in [-0.05, 0) is 42.5 Å². The van der Waals surface area contributed by atoms with Gasteiger partial charge in [0.05, 0.1) is 15.7 Å². The minimum absolute atomic E-state index is 0.00273. The standard InChI is InChI=1S/C20H10Cl3F3N4O/c21-11-2-4-12(5-3-11)27-19(31)16-9-18-28-15(10-1-6-13(22)14(23)7-10)8-17(20(24,25)26)30(18)29-16/h1-9H,(H,27,31). The number of hydrogen-bond donors (Lipinski definition) is 1. The Labute approximate surface area is 188 Å². The van der Waals surface area contributed by atoms with Crippen LogP contribution in [0.25, 0.3) is 16.9 Å². The lowest BCUT2D eigenvalue weighted by Crippen LogP contribution is -2.15. The van der Waals surface area contributed by atoms with Crippen molar-refractivity contribution < 1.29 is 18.0 Å². The molecule has 158 valence electrons. The van der Waals surface area contributed by atoms with Gasteiger partial charge in [0.15, 0.2) is 17.0 Å². The maximum absolute atomic E-state index is 13.7. The van der Waals surface area contributed by atoms with E-state index in [1.165, 1.54) is 24.3 Å². The molecular formula is C20H10Cl3F3N4O. The predicted octanol–water partition coefficient (Wildman–Crippen LogP) is 6.63. The highest BCUT2D eigenvalue weighted by atomic mass is 35.5. The Bertz CT molecular complexity index is 1300. The Morgan fingerprint density at radius 2 is 1.65 bits per heavy atom. The van der Waals surface area contributed by atoms with Crippen LogP contribution in [-0.4, -0.2) is 20.5 Å². The van der Waals surface area contributed by atoms with E-state index < -0.39 is 17.8 Å². The number of alkyl halides is 3. The molecule has 0 saturated carbocycles. The van der Waals surface area contributed by atoms with E-state index in [9.17, 15) is 18.0 Å². The number of nitrogens with one attached hydrogen (secondary N) is 1. The van der Waals surface area contributed by atoms with Crippen molar-refractivity contribution in [2.75, 3.05) is 5.32 Å². The van der Waals surface area contributed by atoms with E-state index in [2.05, 4.69) is 15.4 Å². The van der Waals surface area contributed by atoms with Crippen molar-refractivity contribution in [3.8, 4) is 11.3 Å². The molecule has 11 heteroatoms. The lowest BCUT2D eigenvalue weighted by molar-refractivity contribution is -0.142. The van der Waals surface area contributed by atoms with Crippen LogP contribution < -0.4 is 5.32 Å². The van der Waals surface area contributed by atoms with Gasteiger partial charge < -0.3 is 5.32 Å². The van der Waals surface area contributed by atoms with Crippen LogP contribution in [0.15, 0.2) is 54.6 Å². The van der Waals surface area contributed by atoms with Crippen LogP contribution >= 0.6 is 34.8 Å². The molecule has 1 N–H and O–H groups in total. The van der Waals surface area contributed by atoms with Gasteiger partial charge in [-0.1, -0.05) is 40.9 Å². The van der Waals surface area contributed by atoms with E-state index in [1.54, 1.807) is 24.3 Å². The second kappa shape index (κ2) is 8.03. The highest BCUT2D eigenvalue weighted by Crippen LogP contribution is 2.34. The summed E-state index contributed by atoms with van der Waals surface area (Å²) in [6.45, 7) is 0. The third-order valence-electron chi connectivity index (χ3n) is 4.27. The Morgan fingerprint density at radius 1 is 0.935 bits per heavy atom. The highest BCUT2D eigenvalue weighted by Gasteiger charge is 2.35. The number of halogens is 6. The monoisotopic (exact) mass is 484 g/mol. The summed E-state index contributed by atoms with van der Waals surface area (Å²) in [5, 5.41) is 7.26. The van der Waals surface area contributed by atoms with Crippen molar-refractivity contribution in [2.45, 2.75) is 6.18 Å². The van der Waals surface area contributed by atoms with E-state index in [4.69, 9.17) is 34.8 Å². The Morgan fingerprint density at radius 3 is 2.29 bits per heavy atom. The van der Waals surface area contributed by atoms with Crippen LogP contribution in [0.4, 0.5) is 18.9 Å². The number of carbonyl (C=O) groups excluding carboxylic acids is 1. The quantitative estimate of drug-likeness (QED) is 0.354. The van der Waals surface area contributed by atoms with Crippen LogP contribution in [0, 0.1) is 0 Å². The molecule has 31 heavy (non-hydrogen) atoms. The molecule has 0 atom stereocenters. The first-order chi connectivity index (χ1) is 14.6. The van der Waals surface area contributed by atoms with Gasteiger partial charge in [0.25, 0.3) is 5.91 Å². The van der Waals surface area contributed by atoms with E-state index in [-0.39, 0.29) is 27.1 Å². The van der Waals surface area contributed by atoms with Crippen molar-refractivity contribution in [1.29, 1.82) is 0 Å². The van der Waals surface area contributed by atoms with Gasteiger partial charge in [-0.15, -0.1) is 0 Å². The summed E-state index contributed by atoms with van der Waals surface area (Å²) >= 11 is 17.7. The van der Waals surface area contributed by atoms with Crippen LogP contribution in [0.1, 0.15) is 16.2 Å². The van der Waals surface area contributed by atoms with Gasteiger partial charge in [-0.2, -0.15) is 18.3 Å². The first kappa shape index (κ1) is 21.4. The van der Waals surface area contributed by atoms with Crippen LogP contribution in [-0.2, 0) is 6.18 Å². The normalized spacial score (nSPS) is 11.7. The number of fused-ring (bicyclic) bond motifs is 1. The van der Waals surface area contributed by atoms with Crippen molar-refractivity contribution in [2.24, 2.45) is 0 Å². The number of carbonyl (C=O) groups is 1.